The van der Waals surface area contributed by atoms with Gasteiger partial charge in [-0.25, -0.2) is 9.59 Å². The monoisotopic (exact) mass is 301 g/mol. The molecule has 5 heteroatoms. The van der Waals surface area contributed by atoms with Crippen molar-refractivity contribution in [1.82, 2.24) is 4.90 Å². The summed E-state index contributed by atoms with van der Waals surface area (Å²) in [6, 6.07) is 0. The molecule has 0 aliphatic heterocycles. The van der Waals surface area contributed by atoms with Crippen LogP contribution >= 0.6 is 0 Å². The molecule has 0 rings (SSSR count). The van der Waals surface area contributed by atoms with Gasteiger partial charge in [-0.3, -0.25) is 0 Å². The summed E-state index contributed by atoms with van der Waals surface area (Å²) < 4.78 is 0. The Bertz CT molecular complexity index is 255. The molecular weight excluding hydrogens is 270 g/mol. The molecule has 0 aromatic heterocycles. The molecule has 0 spiro atoms. The number of nitrogens with zero attached hydrogens (tertiary/aromatic N) is 1. The van der Waals surface area contributed by atoms with Crippen molar-refractivity contribution in [3.63, 3.8) is 0 Å². The molecule has 0 bridgehead atoms. The van der Waals surface area contributed by atoms with Gasteiger partial charge in [0, 0.05) is 12.2 Å². The summed E-state index contributed by atoms with van der Waals surface area (Å²) >= 11 is 0. The molecule has 0 unspecified atom stereocenters. The van der Waals surface area contributed by atoms with Gasteiger partial charge < -0.3 is 15.1 Å². The minimum Gasteiger partial charge on any atom is -0.478 e. The first-order valence-corrected chi connectivity index (χ1v) is 7.84. The van der Waals surface area contributed by atoms with Gasteiger partial charge in [0.05, 0.1) is 0 Å². The molecule has 2 N–H and O–H groups in total. The Kier molecular flexibility index (Phi) is 17.4. The van der Waals surface area contributed by atoms with E-state index in [1.54, 1.807) is 0 Å². The summed E-state index contributed by atoms with van der Waals surface area (Å²) in [6.07, 6.45) is 9.21. The largest absolute Gasteiger partial charge is 0.478 e. The summed E-state index contributed by atoms with van der Waals surface area (Å²) in [5.41, 5.74) is 0. The quantitative estimate of drug-likeness (QED) is 0.572. The van der Waals surface area contributed by atoms with E-state index < -0.39 is 11.9 Å². The lowest BCUT2D eigenvalue weighted by Crippen LogP contribution is -2.27. The van der Waals surface area contributed by atoms with Gasteiger partial charge in [0.2, 0.25) is 0 Å². The van der Waals surface area contributed by atoms with Crippen LogP contribution < -0.4 is 0 Å². The third-order valence-corrected chi connectivity index (χ3v) is 2.85. The molecule has 0 amide bonds. The van der Waals surface area contributed by atoms with E-state index in [0.717, 1.165) is 0 Å². The summed E-state index contributed by atoms with van der Waals surface area (Å²) in [7, 11) is 0. The van der Waals surface area contributed by atoms with E-state index in [1.807, 2.05) is 0 Å². The number of rotatable bonds is 11. The second-order valence-electron chi connectivity index (χ2n) is 4.91. The Morgan fingerprint density at radius 1 is 0.762 bits per heavy atom. The highest BCUT2D eigenvalue weighted by molar-refractivity contribution is 5.89. The summed E-state index contributed by atoms with van der Waals surface area (Å²) in [6.45, 7) is 10.8. The van der Waals surface area contributed by atoms with Crippen molar-refractivity contribution in [2.45, 2.75) is 59.3 Å². The van der Waals surface area contributed by atoms with E-state index in [1.165, 1.54) is 58.2 Å². The molecule has 0 aromatic rings. The molecule has 0 heterocycles. The maximum Gasteiger partial charge on any atom is 0.328 e. The minimum atomic E-state index is -1.26. The minimum absolute atomic E-state index is 0.558. The van der Waals surface area contributed by atoms with Crippen LogP contribution in [0, 0.1) is 0 Å². The Morgan fingerprint density at radius 2 is 1.05 bits per heavy atom. The van der Waals surface area contributed by atoms with Crippen molar-refractivity contribution in [2.24, 2.45) is 0 Å². The molecule has 0 atom stereocenters. The van der Waals surface area contributed by atoms with Crippen molar-refractivity contribution in [3.8, 4) is 0 Å². The molecule has 124 valence electrons. The second kappa shape index (κ2) is 16.7. The smallest absolute Gasteiger partial charge is 0.328 e. The van der Waals surface area contributed by atoms with Crippen molar-refractivity contribution in [2.75, 3.05) is 19.6 Å². The van der Waals surface area contributed by atoms with Crippen LogP contribution in [0.1, 0.15) is 59.3 Å². The van der Waals surface area contributed by atoms with Crippen molar-refractivity contribution in [3.05, 3.63) is 12.2 Å². The number of hydrogen-bond donors (Lipinski definition) is 2. The number of carboxylic acids is 2. The molecular formula is C16H31NO4. The van der Waals surface area contributed by atoms with Crippen LogP contribution in [0.3, 0.4) is 0 Å². The van der Waals surface area contributed by atoms with E-state index in [4.69, 9.17) is 10.2 Å². The Hall–Kier alpha value is -1.36. The van der Waals surface area contributed by atoms with E-state index >= 15 is 0 Å². The van der Waals surface area contributed by atoms with Gasteiger partial charge >= 0.3 is 11.9 Å². The third kappa shape index (κ3) is 21.1. The van der Waals surface area contributed by atoms with Crippen LogP contribution in [0.4, 0.5) is 0 Å². The lowest BCUT2D eigenvalue weighted by molar-refractivity contribution is -0.134. The second-order valence-corrected chi connectivity index (χ2v) is 4.91. The van der Waals surface area contributed by atoms with Gasteiger partial charge in [0.1, 0.15) is 0 Å². The average molecular weight is 301 g/mol. The van der Waals surface area contributed by atoms with Crippen LogP contribution in [0.5, 0.6) is 0 Å². The molecule has 0 aliphatic rings. The van der Waals surface area contributed by atoms with Gasteiger partial charge in [-0.05, 0) is 38.9 Å². The van der Waals surface area contributed by atoms with Gasteiger partial charge in [-0.15, -0.1) is 0 Å². The fourth-order valence-electron chi connectivity index (χ4n) is 1.62. The van der Waals surface area contributed by atoms with Crippen LogP contribution in [0.15, 0.2) is 12.2 Å². The highest BCUT2D eigenvalue weighted by atomic mass is 16.4. The zero-order valence-corrected chi connectivity index (χ0v) is 13.7. The van der Waals surface area contributed by atoms with Crippen molar-refractivity contribution >= 4 is 11.9 Å². The number of aliphatic carboxylic acids is 2. The SMILES string of the molecule is CCCCN(CCCC)CCCC.O=C(O)C=CC(=O)O. The van der Waals surface area contributed by atoms with Crippen LogP contribution in [-0.2, 0) is 9.59 Å². The maximum atomic E-state index is 9.55. The molecule has 0 saturated heterocycles. The molecule has 0 aliphatic carbocycles. The van der Waals surface area contributed by atoms with Gasteiger partial charge in [-0.1, -0.05) is 40.0 Å². The van der Waals surface area contributed by atoms with E-state index in [0.29, 0.717) is 12.2 Å². The number of unbranched alkanes of at least 4 members (excludes halogenated alkanes) is 3. The molecule has 0 fully saturated rings. The van der Waals surface area contributed by atoms with E-state index in [9.17, 15) is 9.59 Å². The first-order chi connectivity index (χ1) is 9.97. The number of hydrogen-bond acceptors (Lipinski definition) is 3. The Balaban J connectivity index is 0. The predicted octanol–water partition coefficient (Wildman–Crippen LogP) is 3.40. The van der Waals surface area contributed by atoms with Crippen LogP contribution in [-0.4, -0.2) is 46.7 Å². The molecule has 5 nitrogen and oxygen atoms in total. The highest BCUT2D eigenvalue weighted by Gasteiger charge is 2.01. The normalized spacial score (nSPS) is 10.5. The van der Waals surface area contributed by atoms with Crippen molar-refractivity contribution < 1.29 is 19.8 Å². The molecule has 21 heavy (non-hydrogen) atoms. The molecule has 0 radical (unpaired) electrons. The van der Waals surface area contributed by atoms with Gasteiger partial charge in [-0.2, -0.15) is 0 Å². The summed E-state index contributed by atoms with van der Waals surface area (Å²) in [4.78, 5) is 21.7. The van der Waals surface area contributed by atoms with Crippen LogP contribution in [0.25, 0.3) is 0 Å². The third-order valence-electron chi connectivity index (χ3n) is 2.85. The standard InChI is InChI=1S/C12H27N.C4H4O4/c1-4-7-10-13(11-8-5-2)12-9-6-3;5-3(6)1-2-4(7)8/h4-12H2,1-3H3;1-2H,(H,5,6)(H,7,8). The Morgan fingerprint density at radius 3 is 1.24 bits per heavy atom. The zero-order valence-electron chi connectivity index (χ0n) is 13.7. The first kappa shape index (κ1) is 21.9. The number of carbonyl (C=O) groups is 2. The van der Waals surface area contributed by atoms with E-state index in [2.05, 4.69) is 25.7 Å². The molecule has 0 saturated carbocycles. The van der Waals surface area contributed by atoms with Gasteiger partial charge in [0.15, 0.2) is 0 Å². The predicted molar refractivity (Wildman–Crippen MR) is 85.6 cm³/mol. The average Bonchev–Trinajstić information content (AvgIpc) is 2.45. The summed E-state index contributed by atoms with van der Waals surface area (Å²) in [5.74, 6) is -2.51. The zero-order chi connectivity index (χ0) is 16.5. The van der Waals surface area contributed by atoms with E-state index in [-0.39, 0.29) is 0 Å². The number of carboxylic acid groups (broad SMARTS) is 2. The lowest BCUT2D eigenvalue weighted by atomic mass is 10.2. The topological polar surface area (TPSA) is 77.8 Å². The highest BCUT2D eigenvalue weighted by Crippen LogP contribution is 2.01. The lowest BCUT2D eigenvalue weighted by Gasteiger charge is -2.21. The fraction of sp³-hybridized carbons (Fsp3) is 0.750. The Labute approximate surface area is 128 Å². The molecule has 0 aromatic carbocycles. The fourth-order valence-corrected chi connectivity index (χ4v) is 1.62. The van der Waals surface area contributed by atoms with Crippen LogP contribution in [0.2, 0.25) is 0 Å². The van der Waals surface area contributed by atoms with Gasteiger partial charge in [0.25, 0.3) is 0 Å². The first-order valence-electron chi connectivity index (χ1n) is 7.84. The summed E-state index contributed by atoms with van der Waals surface area (Å²) in [5, 5.41) is 15.6. The van der Waals surface area contributed by atoms with Crippen molar-refractivity contribution in [1.29, 1.82) is 0 Å². The maximum absolute atomic E-state index is 9.55.